The van der Waals surface area contributed by atoms with E-state index in [0.717, 1.165) is 12.2 Å². The monoisotopic (exact) mass is 270 g/mol. The van der Waals surface area contributed by atoms with Crippen LogP contribution >= 0.6 is 0 Å². The van der Waals surface area contributed by atoms with Gasteiger partial charge in [-0.05, 0) is 49.6 Å². The zero-order chi connectivity index (χ0) is 14.4. The SMILES string of the molecule is COc1ccc(CC(C)NC(C)c2cccnc2)cc1. The molecule has 0 aliphatic carbocycles. The summed E-state index contributed by atoms with van der Waals surface area (Å²) in [6, 6.07) is 13.0. The van der Waals surface area contributed by atoms with Crippen LogP contribution < -0.4 is 10.1 Å². The van der Waals surface area contributed by atoms with Crippen molar-refractivity contribution >= 4 is 0 Å². The topological polar surface area (TPSA) is 34.1 Å². The number of aromatic nitrogens is 1. The summed E-state index contributed by atoms with van der Waals surface area (Å²) in [6.45, 7) is 4.37. The van der Waals surface area contributed by atoms with Crippen molar-refractivity contribution in [1.82, 2.24) is 10.3 Å². The Kier molecular flexibility index (Phi) is 5.13. The number of methoxy groups -OCH3 is 1. The Balaban J connectivity index is 1.90. The van der Waals surface area contributed by atoms with Crippen molar-refractivity contribution in [3.8, 4) is 5.75 Å². The summed E-state index contributed by atoms with van der Waals surface area (Å²) in [7, 11) is 1.69. The standard InChI is InChI=1S/C17H22N2O/c1-13(11-15-6-8-17(20-3)9-7-15)19-14(2)16-5-4-10-18-12-16/h4-10,12-14,19H,11H2,1-3H3. The normalized spacial score (nSPS) is 13.8. The van der Waals surface area contributed by atoms with Gasteiger partial charge in [-0.2, -0.15) is 0 Å². The Labute approximate surface area is 121 Å². The highest BCUT2D eigenvalue weighted by Gasteiger charge is 2.10. The molecule has 1 aromatic heterocycles. The van der Waals surface area contributed by atoms with E-state index < -0.39 is 0 Å². The van der Waals surface area contributed by atoms with Crippen LogP contribution in [0.3, 0.4) is 0 Å². The fourth-order valence-electron chi connectivity index (χ4n) is 2.33. The summed E-state index contributed by atoms with van der Waals surface area (Å²) in [6.07, 6.45) is 4.71. The second-order valence-electron chi connectivity index (χ2n) is 5.13. The van der Waals surface area contributed by atoms with Gasteiger partial charge in [0, 0.05) is 24.5 Å². The molecule has 3 heteroatoms. The van der Waals surface area contributed by atoms with Crippen LogP contribution in [-0.4, -0.2) is 18.1 Å². The van der Waals surface area contributed by atoms with Crippen LogP contribution in [0.1, 0.15) is 31.0 Å². The minimum Gasteiger partial charge on any atom is -0.497 e. The molecule has 3 nitrogen and oxygen atoms in total. The van der Waals surface area contributed by atoms with Crippen molar-refractivity contribution in [2.24, 2.45) is 0 Å². The lowest BCUT2D eigenvalue weighted by molar-refractivity contribution is 0.414. The zero-order valence-corrected chi connectivity index (χ0v) is 12.3. The van der Waals surface area contributed by atoms with Gasteiger partial charge in [0.05, 0.1) is 7.11 Å². The summed E-state index contributed by atoms with van der Waals surface area (Å²) >= 11 is 0. The van der Waals surface area contributed by atoms with Gasteiger partial charge >= 0.3 is 0 Å². The first kappa shape index (κ1) is 14.5. The summed E-state index contributed by atoms with van der Waals surface area (Å²) in [5.41, 5.74) is 2.53. The summed E-state index contributed by atoms with van der Waals surface area (Å²) < 4.78 is 5.17. The Hall–Kier alpha value is -1.87. The Morgan fingerprint density at radius 2 is 1.90 bits per heavy atom. The molecule has 2 aromatic rings. The van der Waals surface area contributed by atoms with Crippen LogP contribution in [0, 0.1) is 0 Å². The lowest BCUT2D eigenvalue weighted by Gasteiger charge is -2.20. The van der Waals surface area contributed by atoms with Gasteiger partial charge in [-0.1, -0.05) is 18.2 Å². The molecule has 20 heavy (non-hydrogen) atoms. The third-order valence-corrected chi connectivity index (χ3v) is 3.42. The number of benzene rings is 1. The van der Waals surface area contributed by atoms with E-state index in [1.165, 1.54) is 11.1 Å². The molecule has 0 aliphatic rings. The van der Waals surface area contributed by atoms with Crippen LogP contribution in [0.2, 0.25) is 0 Å². The fraction of sp³-hybridized carbons (Fsp3) is 0.353. The van der Waals surface area contributed by atoms with E-state index in [2.05, 4.69) is 42.3 Å². The van der Waals surface area contributed by atoms with E-state index in [9.17, 15) is 0 Å². The number of rotatable bonds is 6. The van der Waals surface area contributed by atoms with Gasteiger partial charge in [-0.3, -0.25) is 4.98 Å². The van der Waals surface area contributed by atoms with Gasteiger partial charge < -0.3 is 10.1 Å². The van der Waals surface area contributed by atoms with Gasteiger partial charge in [-0.15, -0.1) is 0 Å². The number of ether oxygens (including phenoxy) is 1. The molecule has 0 amide bonds. The Morgan fingerprint density at radius 1 is 1.15 bits per heavy atom. The molecular weight excluding hydrogens is 248 g/mol. The first-order valence-corrected chi connectivity index (χ1v) is 6.98. The Morgan fingerprint density at radius 3 is 2.50 bits per heavy atom. The van der Waals surface area contributed by atoms with Crippen molar-refractivity contribution in [2.45, 2.75) is 32.4 Å². The van der Waals surface area contributed by atoms with Gasteiger partial charge in [0.25, 0.3) is 0 Å². The van der Waals surface area contributed by atoms with Gasteiger partial charge in [0.15, 0.2) is 0 Å². The van der Waals surface area contributed by atoms with E-state index in [1.807, 2.05) is 24.4 Å². The smallest absolute Gasteiger partial charge is 0.118 e. The third kappa shape index (κ3) is 4.07. The molecule has 1 N–H and O–H groups in total. The molecule has 106 valence electrons. The molecule has 1 aromatic carbocycles. The average Bonchev–Trinajstić information content (AvgIpc) is 2.49. The van der Waals surface area contributed by atoms with Crippen LogP contribution in [-0.2, 0) is 6.42 Å². The van der Waals surface area contributed by atoms with E-state index in [-0.39, 0.29) is 0 Å². The largest absolute Gasteiger partial charge is 0.497 e. The maximum Gasteiger partial charge on any atom is 0.118 e. The fourth-order valence-corrected chi connectivity index (χ4v) is 2.33. The Bertz CT molecular complexity index is 510. The second kappa shape index (κ2) is 7.06. The number of pyridine rings is 1. The van der Waals surface area contributed by atoms with E-state index in [0.29, 0.717) is 12.1 Å². The maximum atomic E-state index is 5.17. The summed E-state index contributed by atoms with van der Waals surface area (Å²) in [5, 5.41) is 3.60. The van der Waals surface area contributed by atoms with Gasteiger partial charge in [0.1, 0.15) is 5.75 Å². The van der Waals surface area contributed by atoms with E-state index in [1.54, 1.807) is 13.3 Å². The highest BCUT2D eigenvalue weighted by atomic mass is 16.5. The molecule has 1 heterocycles. The third-order valence-electron chi connectivity index (χ3n) is 3.42. The van der Waals surface area contributed by atoms with Gasteiger partial charge in [0.2, 0.25) is 0 Å². The predicted molar refractivity (Wildman–Crippen MR) is 81.9 cm³/mol. The first-order chi connectivity index (χ1) is 9.69. The van der Waals surface area contributed by atoms with Crippen LogP contribution in [0.4, 0.5) is 0 Å². The van der Waals surface area contributed by atoms with Crippen LogP contribution in [0.5, 0.6) is 5.75 Å². The van der Waals surface area contributed by atoms with Crippen LogP contribution in [0.15, 0.2) is 48.8 Å². The summed E-state index contributed by atoms with van der Waals surface area (Å²) in [5.74, 6) is 0.901. The van der Waals surface area contributed by atoms with Crippen molar-refractivity contribution in [2.75, 3.05) is 7.11 Å². The number of hydrogen-bond donors (Lipinski definition) is 1. The lowest BCUT2D eigenvalue weighted by atomic mass is 10.0. The number of nitrogens with zero attached hydrogens (tertiary/aromatic N) is 1. The highest BCUT2D eigenvalue weighted by Crippen LogP contribution is 2.15. The molecule has 0 saturated heterocycles. The molecule has 2 rings (SSSR count). The molecule has 0 bridgehead atoms. The quantitative estimate of drug-likeness (QED) is 0.874. The highest BCUT2D eigenvalue weighted by molar-refractivity contribution is 5.27. The molecule has 0 aliphatic heterocycles. The summed E-state index contributed by atoms with van der Waals surface area (Å²) in [4.78, 5) is 4.16. The zero-order valence-electron chi connectivity index (χ0n) is 12.3. The van der Waals surface area contributed by atoms with E-state index in [4.69, 9.17) is 4.74 Å². The van der Waals surface area contributed by atoms with E-state index >= 15 is 0 Å². The average molecular weight is 270 g/mol. The van der Waals surface area contributed by atoms with Crippen molar-refractivity contribution in [3.05, 3.63) is 59.9 Å². The minimum absolute atomic E-state index is 0.303. The lowest BCUT2D eigenvalue weighted by Crippen LogP contribution is -2.30. The number of hydrogen-bond acceptors (Lipinski definition) is 3. The maximum absolute atomic E-state index is 5.17. The minimum atomic E-state index is 0.303. The number of nitrogens with one attached hydrogen (secondary N) is 1. The molecule has 0 spiro atoms. The van der Waals surface area contributed by atoms with Crippen molar-refractivity contribution in [1.29, 1.82) is 0 Å². The molecule has 2 atom stereocenters. The molecule has 0 radical (unpaired) electrons. The molecule has 0 fully saturated rings. The predicted octanol–water partition coefficient (Wildman–Crippen LogP) is 3.37. The van der Waals surface area contributed by atoms with Crippen molar-refractivity contribution in [3.63, 3.8) is 0 Å². The van der Waals surface area contributed by atoms with Crippen LogP contribution in [0.25, 0.3) is 0 Å². The first-order valence-electron chi connectivity index (χ1n) is 6.98. The molecular formula is C17H22N2O. The molecule has 0 saturated carbocycles. The second-order valence-corrected chi connectivity index (χ2v) is 5.13. The molecule has 2 unspecified atom stereocenters. The van der Waals surface area contributed by atoms with Gasteiger partial charge in [-0.25, -0.2) is 0 Å². The van der Waals surface area contributed by atoms with Crippen molar-refractivity contribution < 1.29 is 4.74 Å².